The topological polar surface area (TPSA) is 70.7 Å². The van der Waals surface area contributed by atoms with Crippen LogP contribution in [0.15, 0.2) is 59.4 Å². The van der Waals surface area contributed by atoms with Gasteiger partial charge in [0.1, 0.15) is 0 Å². The van der Waals surface area contributed by atoms with E-state index in [0.29, 0.717) is 11.0 Å². The molecule has 0 radical (unpaired) electrons. The van der Waals surface area contributed by atoms with Gasteiger partial charge in [-0.3, -0.25) is 9.78 Å². The lowest BCUT2D eigenvalue weighted by Crippen LogP contribution is -2.15. The van der Waals surface area contributed by atoms with Gasteiger partial charge in [-0.1, -0.05) is 48.0 Å². The molecule has 0 aliphatic carbocycles. The maximum absolute atomic E-state index is 12.0. The summed E-state index contributed by atoms with van der Waals surface area (Å²) in [6.45, 7) is 0. The third kappa shape index (κ3) is 4.05. The molecule has 5 nitrogen and oxygen atoms in total. The second kappa shape index (κ2) is 6.89. The van der Waals surface area contributed by atoms with Crippen molar-refractivity contribution in [3.8, 4) is 0 Å². The minimum Gasteiger partial charge on any atom is -0.324 e. The van der Waals surface area contributed by atoms with Crippen LogP contribution in [0.3, 0.4) is 0 Å². The molecule has 3 aromatic rings. The Morgan fingerprint density at radius 1 is 0.957 bits per heavy atom. The third-order valence-electron chi connectivity index (χ3n) is 3.06. The normalized spacial score (nSPS) is 10.8. The van der Waals surface area contributed by atoms with Crippen molar-refractivity contribution in [3.05, 3.63) is 81.2 Å². The molecule has 2 N–H and O–H groups in total. The monoisotopic (exact) mass is 324 g/mol. The van der Waals surface area contributed by atoms with E-state index in [1.54, 1.807) is 24.3 Å². The van der Waals surface area contributed by atoms with Crippen LogP contribution in [0.2, 0.25) is 5.02 Å². The zero-order chi connectivity index (χ0) is 16.1. The van der Waals surface area contributed by atoms with Crippen molar-refractivity contribution >= 4 is 35.4 Å². The lowest BCUT2D eigenvalue weighted by Gasteiger charge is -2.03. The van der Waals surface area contributed by atoms with Gasteiger partial charge in [-0.25, -0.2) is 0 Å². The van der Waals surface area contributed by atoms with Crippen LogP contribution < -0.4 is 10.9 Å². The average molecular weight is 325 g/mol. The Hall–Kier alpha value is -2.92. The highest BCUT2D eigenvalue weighted by Crippen LogP contribution is 2.12. The molecule has 0 atom stereocenters. The summed E-state index contributed by atoms with van der Waals surface area (Å²) < 4.78 is 0. The fourth-order valence-electron chi connectivity index (χ4n) is 1.92. The summed E-state index contributed by atoms with van der Waals surface area (Å²) in [6.07, 6.45) is 3.39. The SMILES string of the molecule is O=c1[nH]c(Nc2ccccc2)nnc1/C=C/c1ccc(Cl)cc1. The molecule has 3 rings (SSSR count). The van der Waals surface area contributed by atoms with Crippen molar-refractivity contribution in [1.82, 2.24) is 15.2 Å². The number of anilines is 2. The summed E-state index contributed by atoms with van der Waals surface area (Å²) in [5.74, 6) is 0.296. The van der Waals surface area contributed by atoms with E-state index in [0.717, 1.165) is 11.3 Å². The van der Waals surface area contributed by atoms with Gasteiger partial charge in [0.15, 0.2) is 5.69 Å². The minimum atomic E-state index is -0.316. The lowest BCUT2D eigenvalue weighted by atomic mass is 10.2. The average Bonchev–Trinajstić information content (AvgIpc) is 2.57. The van der Waals surface area contributed by atoms with Gasteiger partial charge in [0.2, 0.25) is 5.95 Å². The summed E-state index contributed by atoms with van der Waals surface area (Å²) in [5.41, 5.74) is 1.66. The van der Waals surface area contributed by atoms with E-state index in [1.165, 1.54) is 0 Å². The molecular formula is C17H13ClN4O. The number of nitrogens with one attached hydrogen (secondary N) is 2. The molecule has 1 aromatic heterocycles. The first-order valence-electron chi connectivity index (χ1n) is 6.93. The molecule has 0 unspecified atom stereocenters. The maximum atomic E-state index is 12.0. The molecule has 0 saturated heterocycles. The van der Waals surface area contributed by atoms with E-state index >= 15 is 0 Å². The smallest absolute Gasteiger partial charge is 0.278 e. The van der Waals surface area contributed by atoms with Crippen LogP contribution in [-0.4, -0.2) is 15.2 Å². The Kier molecular flexibility index (Phi) is 4.49. The van der Waals surface area contributed by atoms with Gasteiger partial charge in [-0.2, -0.15) is 0 Å². The number of benzene rings is 2. The number of halogens is 1. The van der Waals surface area contributed by atoms with E-state index in [1.807, 2.05) is 42.5 Å². The number of hydrogen-bond acceptors (Lipinski definition) is 4. The summed E-state index contributed by atoms with van der Waals surface area (Å²) in [7, 11) is 0. The summed E-state index contributed by atoms with van der Waals surface area (Å²) in [6, 6.07) is 16.7. The van der Waals surface area contributed by atoms with Gasteiger partial charge in [0, 0.05) is 10.7 Å². The molecule has 0 amide bonds. The second-order valence-electron chi connectivity index (χ2n) is 4.76. The molecule has 6 heteroatoms. The van der Waals surface area contributed by atoms with Crippen molar-refractivity contribution in [1.29, 1.82) is 0 Å². The van der Waals surface area contributed by atoms with Gasteiger partial charge in [-0.15, -0.1) is 10.2 Å². The van der Waals surface area contributed by atoms with Crippen LogP contribution in [0.1, 0.15) is 11.3 Å². The Labute approximate surface area is 137 Å². The molecule has 23 heavy (non-hydrogen) atoms. The van der Waals surface area contributed by atoms with E-state index in [-0.39, 0.29) is 11.3 Å². The summed E-state index contributed by atoms with van der Waals surface area (Å²) in [5, 5.41) is 11.6. The van der Waals surface area contributed by atoms with Gasteiger partial charge in [0.25, 0.3) is 5.56 Å². The Morgan fingerprint density at radius 3 is 2.39 bits per heavy atom. The number of aromatic amines is 1. The van der Waals surface area contributed by atoms with Crippen LogP contribution in [0.5, 0.6) is 0 Å². The van der Waals surface area contributed by atoms with Gasteiger partial charge in [0.05, 0.1) is 0 Å². The highest BCUT2D eigenvalue weighted by Gasteiger charge is 2.02. The fraction of sp³-hybridized carbons (Fsp3) is 0. The Balaban J connectivity index is 1.77. The second-order valence-corrected chi connectivity index (χ2v) is 5.20. The van der Waals surface area contributed by atoms with Crippen molar-refractivity contribution in [3.63, 3.8) is 0 Å². The number of hydrogen-bond donors (Lipinski definition) is 2. The highest BCUT2D eigenvalue weighted by molar-refractivity contribution is 6.30. The predicted molar refractivity (Wildman–Crippen MR) is 92.8 cm³/mol. The highest BCUT2D eigenvalue weighted by atomic mass is 35.5. The molecule has 0 aliphatic heterocycles. The molecule has 0 bridgehead atoms. The molecule has 2 aromatic carbocycles. The van der Waals surface area contributed by atoms with E-state index < -0.39 is 0 Å². The van der Waals surface area contributed by atoms with Crippen molar-refractivity contribution in [2.75, 3.05) is 5.32 Å². The summed E-state index contributed by atoms with van der Waals surface area (Å²) in [4.78, 5) is 14.7. The van der Waals surface area contributed by atoms with E-state index in [4.69, 9.17) is 11.6 Å². The zero-order valence-corrected chi connectivity index (χ0v) is 12.8. The minimum absolute atomic E-state index is 0.235. The number of rotatable bonds is 4. The van der Waals surface area contributed by atoms with Crippen molar-refractivity contribution < 1.29 is 0 Å². The number of H-pyrrole nitrogens is 1. The standard InChI is InChI=1S/C17H13ClN4O/c18-13-9-6-12(7-10-13)8-11-15-16(23)20-17(22-21-15)19-14-4-2-1-3-5-14/h1-11H,(H2,19,20,22,23)/b11-8+. The fourth-order valence-corrected chi connectivity index (χ4v) is 2.04. The van der Waals surface area contributed by atoms with Crippen LogP contribution in [0.25, 0.3) is 12.2 Å². The quantitative estimate of drug-likeness (QED) is 0.767. The predicted octanol–water partition coefficient (Wildman–Crippen LogP) is 3.73. The number of nitrogens with zero attached hydrogens (tertiary/aromatic N) is 2. The molecule has 114 valence electrons. The van der Waals surface area contributed by atoms with E-state index in [2.05, 4.69) is 20.5 Å². The van der Waals surface area contributed by atoms with Crippen LogP contribution >= 0.6 is 11.6 Å². The molecule has 0 aliphatic rings. The number of aromatic nitrogens is 3. The van der Waals surface area contributed by atoms with Crippen LogP contribution in [-0.2, 0) is 0 Å². The van der Waals surface area contributed by atoms with Gasteiger partial charge < -0.3 is 5.32 Å². The van der Waals surface area contributed by atoms with Gasteiger partial charge in [-0.05, 0) is 35.9 Å². The number of para-hydroxylation sites is 1. The maximum Gasteiger partial charge on any atom is 0.278 e. The molecule has 0 spiro atoms. The zero-order valence-electron chi connectivity index (χ0n) is 12.0. The Morgan fingerprint density at radius 2 is 1.70 bits per heavy atom. The molecular weight excluding hydrogens is 312 g/mol. The first kappa shape index (κ1) is 15.0. The summed E-state index contributed by atoms with van der Waals surface area (Å²) >= 11 is 5.83. The van der Waals surface area contributed by atoms with Crippen LogP contribution in [0.4, 0.5) is 11.6 Å². The van der Waals surface area contributed by atoms with Gasteiger partial charge >= 0.3 is 0 Å². The van der Waals surface area contributed by atoms with Crippen molar-refractivity contribution in [2.45, 2.75) is 0 Å². The first-order valence-corrected chi connectivity index (χ1v) is 7.31. The third-order valence-corrected chi connectivity index (χ3v) is 3.31. The molecule has 1 heterocycles. The largest absolute Gasteiger partial charge is 0.324 e. The van der Waals surface area contributed by atoms with E-state index in [9.17, 15) is 4.79 Å². The Bertz CT molecular complexity index is 873. The van der Waals surface area contributed by atoms with Crippen LogP contribution in [0, 0.1) is 0 Å². The van der Waals surface area contributed by atoms with Crippen molar-refractivity contribution in [2.24, 2.45) is 0 Å². The molecule has 0 saturated carbocycles. The molecule has 0 fully saturated rings. The first-order chi connectivity index (χ1) is 11.2. The lowest BCUT2D eigenvalue weighted by molar-refractivity contribution is 0.941.